The lowest BCUT2D eigenvalue weighted by atomic mass is 9.85. The Balaban J connectivity index is 1.88. The molecule has 1 aliphatic carbocycles. The maximum atomic E-state index is 10.4. The summed E-state index contributed by atoms with van der Waals surface area (Å²) >= 11 is 12.2. The van der Waals surface area contributed by atoms with Gasteiger partial charge in [0, 0.05) is 28.7 Å². The van der Waals surface area contributed by atoms with Crippen LogP contribution in [0.25, 0.3) is 0 Å². The molecule has 0 bridgehead atoms. The van der Waals surface area contributed by atoms with E-state index in [0.29, 0.717) is 23.1 Å². The van der Waals surface area contributed by atoms with E-state index in [2.05, 4.69) is 5.32 Å². The van der Waals surface area contributed by atoms with Crippen molar-refractivity contribution in [2.75, 3.05) is 6.54 Å². The topological polar surface area (TPSA) is 32.3 Å². The minimum Gasteiger partial charge on any atom is -0.389 e. The van der Waals surface area contributed by atoms with E-state index in [1.807, 2.05) is 18.2 Å². The fourth-order valence-electron chi connectivity index (χ4n) is 2.51. The van der Waals surface area contributed by atoms with Gasteiger partial charge in [0.25, 0.3) is 0 Å². The zero-order valence-electron chi connectivity index (χ0n) is 10.4. The molecule has 2 N–H and O–H groups in total. The van der Waals surface area contributed by atoms with E-state index >= 15 is 0 Å². The fraction of sp³-hybridized carbons (Fsp3) is 0.571. The van der Waals surface area contributed by atoms with Crippen molar-refractivity contribution in [3.63, 3.8) is 0 Å². The number of halogens is 2. The van der Waals surface area contributed by atoms with E-state index < -0.39 is 5.60 Å². The van der Waals surface area contributed by atoms with E-state index in [4.69, 9.17) is 23.2 Å². The molecule has 1 aromatic carbocycles. The van der Waals surface area contributed by atoms with Crippen molar-refractivity contribution in [3.05, 3.63) is 33.8 Å². The molecule has 100 valence electrons. The lowest BCUT2D eigenvalue weighted by Crippen LogP contribution is -2.41. The van der Waals surface area contributed by atoms with Crippen molar-refractivity contribution < 1.29 is 5.11 Å². The van der Waals surface area contributed by atoms with Gasteiger partial charge in [-0.15, -0.1) is 0 Å². The number of hydrogen-bond donors (Lipinski definition) is 2. The first-order valence-corrected chi connectivity index (χ1v) is 7.22. The summed E-state index contributed by atoms with van der Waals surface area (Å²) in [6.07, 6.45) is 5.24. The molecule has 4 heteroatoms. The minimum absolute atomic E-state index is 0.550. The Morgan fingerprint density at radius 1 is 1.11 bits per heavy atom. The zero-order valence-corrected chi connectivity index (χ0v) is 11.9. The van der Waals surface area contributed by atoms with Gasteiger partial charge in [-0.2, -0.15) is 0 Å². The predicted molar refractivity (Wildman–Crippen MR) is 76.2 cm³/mol. The molecule has 18 heavy (non-hydrogen) atoms. The lowest BCUT2D eigenvalue weighted by Gasteiger charge is -2.32. The third kappa shape index (κ3) is 3.61. The van der Waals surface area contributed by atoms with Crippen molar-refractivity contribution >= 4 is 23.2 Å². The van der Waals surface area contributed by atoms with Crippen LogP contribution in [-0.4, -0.2) is 17.3 Å². The van der Waals surface area contributed by atoms with Crippen LogP contribution in [0.1, 0.15) is 37.7 Å². The fourth-order valence-corrected chi connectivity index (χ4v) is 3.04. The first-order valence-electron chi connectivity index (χ1n) is 6.47. The standard InChI is InChI=1S/C14H19Cl2NO/c15-12-5-4-6-13(16)11(12)9-17-10-14(18)7-2-1-3-8-14/h4-6,17-18H,1-3,7-10H2. The van der Waals surface area contributed by atoms with Gasteiger partial charge in [-0.25, -0.2) is 0 Å². The van der Waals surface area contributed by atoms with Gasteiger partial charge in [-0.05, 0) is 25.0 Å². The molecular formula is C14H19Cl2NO. The third-order valence-electron chi connectivity index (χ3n) is 3.60. The number of benzene rings is 1. The van der Waals surface area contributed by atoms with Crippen molar-refractivity contribution in [1.29, 1.82) is 0 Å². The summed E-state index contributed by atoms with van der Waals surface area (Å²) < 4.78 is 0. The van der Waals surface area contributed by atoms with Crippen molar-refractivity contribution in [3.8, 4) is 0 Å². The van der Waals surface area contributed by atoms with E-state index in [-0.39, 0.29) is 0 Å². The molecule has 1 aromatic rings. The average Bonchev–Trinajstić information content (AvgIpc) is 2.34. The first kappa shape index (κ1) is 14.1. The smallest absolute Gasteiger partial charge is 0.0771 e. The first-order chi connectivity index (χ1) is 8.61. The molecule has 0 unspecified atom stereocenters. The molecular weight excluding hydrogens is 269 g/mol. The Morgan fingerprint density at radius 2 is 1.72 bits per heavy atom. The maximum absolute atomic E-state index is 10.4. The van der Waals surface area contributed by atoms with Crippen LogP contribution in [0.2, 0.25) is 10.0 Å². The SMILES string of the molecule is OC1(CNCc2c(Cl)cccc2Cl)CCCCC1. The van der Waals surface area contributed by atoms with E-state index in [9.17, 15) is 5.11 Å². The summed E-state index contributed by atoms with van der Waals surface area (Å²) in [5.41, 5.74) is 0.353. The minimum atomic E-state index is -0.550. The summed E-state index contributed by atoms with van der Waals surface area (Å²) in [6, 6.07) is 5.50. The zero-order chi connectivity index (χ0) is 13.0. The largest absolute Gasteiger partial charge is 0.389 e. The molecule has 1 fully saturated rings. The molecule has 0 aliphatic heterocycles. The second-order valence-corrected chi connectivity index (χ2v) is 5.90. The molecule has 1 saturated carbocycles. The summed E-state index contributed by atoms with van der Waals surface area (Å²) in [4.78, 5) is 0. The Bertz CT molecular complexity index is 383. The van der Waals surface area contributed by atoms with Crippen LogP contribution in [0.5, 0.6) is 0 Å². The highest BCUT2D eigenvalue weighted by atomic mass is 35.5. The molecule has 0 spiro atoms. The highest BCUT2D eigenvalue weighted by Gasteiger charge is 2.28. The highest BCUT2D eigenvalue weighted by molar-refractivity contribution is 6.35. The van der Waals surface area contributed by atoms with Crippen molar-refractivity contribution in [2.24, 2.45) is 0 Å². The van der Waals surface area contributed by atoms with Gasteiger partial charge in [0.1, 0.15) is 0 Å². The number of rotatable bonds is 4. The Morgan fingerprint density at radius 3 is 2.33 bits per heavy atom. The third-order valence-corrected chi connectivity index (χ3v) is 4.31. The highest BCUT2D eigenvalue weighted by Crippen LogP contribution is 2.28. The second kappa shape index (κ2) is 6.25. The van der Waals surface area contributed by atoms with Crippen LogP contribution >= 0.6 is 23.2 Å². The predicted octanol–water partition coefficient (Wildman–Crippen LogP) is 3.78. The molecule has 0 saturated heterocycles. The van der Waals surface area contributed by atoms with Gasteiger partial charge < -0.3 is 10.4 Å². The summed E-state index contributed by atoms with van der Waals surface area (Å²) in [6.45, 7) is 1.20. The monoisotopic (exact) mass is 287 g/mol. The van der Waals surface area contributed by atoms with Gasteiger partial charge in [-0.3, -0.25) is 0 Å². The van der Waals surface area contributed by atoms with E-state index in [1.54, 1.807) is 0 Å². The van der Waals surface area contributed by atoms with Crippen LogP contribution in [0.3, 0.4) is 0 Å². The van der Waals surface area contributed by atoms with Gasteiger partial charge in [0.2, 0.25) is 0 Å². The van der Waals surface area contributed by atoms with Gasteiger partial charge in [0.05, 0.1) is 5.60 Å². The molecule has 0 aromatic heterocycles. The second-order valence-electron chi connectivity index (χ2n) is 5.09. The van der Waals surface area contributed by atoms with Crippen LogP contribution in [0.4, 0.5) is 0 Å². The summed E-state index contributed by atoms with van der Waals surface area (Å²) in [5, 5.41) is 15.0. The molecule has 2 rings (SSSR count). The van der Waals surface area contributed by atoms with Crippen LogP contribution in [0.15, 0.2) is 18.2 Å². The molecule has 1 aliphatic rings. The van der Waals surface area contributed by atoms with Crippen molar-refractivity contribution in [2.45, 2.75) is 44.2 Å². The number of aliphatic hydroxyl groups is 1. The molecule has 0 heterocycles. The molecule has 0 radical (unpaired) electrons. The molecule has 0 atom stereocenters. The Hall–Kier alpha value is -0.280. The Kier molecular flexibility index (Phi) is 4.91. The molecule has 0 amide bonds. The summed E-state index contributed by atoms with van der Waals surface area (Å²) in [7, 11) is 0. The van der Waals surface area contributed by atoms with Crippen molar-refractivity contribution in [1.82, 2.24) is 5.32 Å². The van der Waals surface area contributed by atoms with Crippen LogP contribution < -0.4 is 5.32 Å². The maximum Gasteiger partial charge on any atom is 0.0771 e. The molecule has 2 nitrogen and oxygen atoms in total. The quantitative estimate of drug-likeness (QED) is 0.883. The normalized spacial score (nSPS) is 18.8. The van der Waals surface area contributed by atoms with Gasteiger partial charge in [0.15, 0.2) is 0 Å². The summed E-state index contributed by atoms with van der Waals surface area (Å²) in [5.74, 6) is 0. The lowest BCUT2D eigenvalue weighted by molar-refractivity contribution is 0.00468. The Labute approximate surface area is 118 Å². The number of nitrogens with one attached hydrogen (secondary N) is 1. The number of hydrogen-bond acceptors (Lipinski definition) is 2. The van der Waals surface area contributed by atoms with Crippen LogP contribution in [0, 0.1) is 0 Å². The van der Waals surface area contributed by atoms with Gasteiger partial charge in [-0.1, -0.05) is 48.5 Å². The van der Waals surface area contributed by atoms with E-state index in [0.717, 1.165) is 31.2 Å². The van der Waals surface area contributed by atoms with Crippen LogP contribution in [-0.2, 0) is 6.54 Å². The van der Waals surface area contributed by atoms with Gasteiger partial charge >= 0.3 is 0 Å². The van der Waals surface area contributed by atoms with E-state index in [1.165, 1.54) is 6.42 Å². The average molecular weight is 288 g/mol.